The zero-order valence-electron chi connectivity index (χ0n) is 13.0. The van der Waals surface area contributed by atoms with Crippen molar-refractivity contribution < 1.29 is 41.0 Å². The van der Waals surface area contributed by atoms with Crippen molar-refractivity contribution >= 4 is 5.97 Å². The Hall–Kier alpha value is -1.93. The maximum atomic E-state index is 12.8. The van der Waals surface area contributed by atoms with Gasteiger partial charge in [-0.3, -0.25) is 4.79 Å². The van der Waals surface area contributed by atoms with Crippen molar-refractivity contribution in [3.63, 3.8) is 0 Å². The van der Waals surface area contributed by atoms with Crippen molar-refractivity contribution in [3.05, 3.63) is 29.3 Å². The summed E-state index contributed by atoms with van der Waals surface area (Å²) in [6.45, 7) is -1.69. The summed E-state index contributed by atoms with van der Waals surface area (Å²) >= 11 is 0. The largest absolute Gasteiger partial charge is 0.484 e. The molecule has 25 heavy (non-hydrogen) atoms. The lowest BCUT2D eigenvalue weighted by Gasteiger charge is -2.28. The van der Waals surface area contributed by atoms with Crippen molar-refractivity contribution in [2.45, 2.75) is 44.0 Å². The van der Waals surface area contributed by atoms with Crippen LogP contribution in [0.4, 0.5) is 26.3 Å². The van der Waals surface area contributed by atoms with Crippen LogP contribution in [0, 0.1) is 5.92 Å². The molecule has 2 rings (SSSR count). The van der Waals surface area contributed by atoms with Crippen LogP contribution >= 0.6 is 0 Å². The lowest BCUT2D eigenvalue weighted by molar-refractivity contribution is -0.154. The highest BCUT2D eigenvalue weighted by molar-refractivity contribution is 5.70. The third-order valence-electron chi connectivity index (χ3n) is 4.25. The van der Waals surface area contributed by atoms with Crippen molar-refractivity contribution in [1.82, 2.24) is 0 Å². The quantitative estimate of drug-likeness (QED) is 0.759. The summed E-state index contributed by atoms with van der Waals surface area (Å²) < 4.78 is 80.2. The Morgan fingerprint density at radius 2 is 1.68 bits per heavy atom. The smallest absolute Gasteiger partial charge is 0.422 e. The minimum absolute atomic E-state index is 0.251. The van der Waals surface area contributed by atoms with Crippen LogP contribution in [0.2, 0.25) is 0 Å². The first-order valence-electron chi connectivity index (χ1n) is 7.61. The predicted molar refractivity (Wildman–Crippen MR) is 75.3 cm³/mol. The van der Waals surface area contributed by atoms with E-state index < -0.39 is 42.2 Å². The second-order valence-corrected chi connectivity index (χ2v) is 6.04. The number of carboxylic acids is 1. The molecule has 3 nitrogen and oxygen atoms in total. The van der Waals surface area contributed by atoms with E-state index in [-0.39, 0.29) is 11.5 Å². The molecule has 0 aliphatic heterocycles. The molecule has 0 bridgehead atoms. The van der Waals surface area contributed by atoms with Gasteiger partial charge in [-0.2, -0.15) is 26.3 Å². The van der Waals surface area contributed by atoms with Crippen molar-refractivity contribution in [3.8, 4) is 5.75 Å². The van der Waals surface area contributed by atoms with E-state index in [2.05, 4.69) is 4.74 Å². The number of benzene rings is 1. The molecule has 1 aromatic rings. The molecule has 0 aromatic heterocycles. The SMILES string of the molecule is O=C(O)C1CCC(c2ccc(C(F)(F)F)cc2OCC(F)(F)F)CC1. The summed E-state index contributed by atoms with van der Waals surface area (Å²) in [6.07, 6.45) is -8.00. The number of alkyl halides is 6. The van der Waals surface area contributed by atoms with Gasteiger partial charge in [0.2, 0.25) is 0 Å². The first kappa shape index (κ1) is 19.4. The van der Waals surface area contributed by atoms with Crippen LogP contribution in [-0.4, -0.2) is 23.9 Å². The summed E-state index contributed by atoms with van der Waals surface area (Å²) in [5.74, 6) is -2.27. The summed E-state index contributed by atoms with van der Waals surface area (Å²) in [7, 11) is 0. The second-order valence-electron chi connectivity index (χ2n) is 6.04. The Balaban J connectivity index is 2.25. The monoisotopic (exact) mass is 370 g/mol. The van der Waals surface area contributed by atoms with E-state index in [4.69, 9.17) is 5.11 Å². The summed E-state index contributed by atoms with van der Waals surface area (Å²) in [6, 6.07) is 2.50. The first-order valence-corrected chi connectivity index (χ1v) is 7.61. The molecule has 1 aliphatic rings. The third kappa shape index (κ3) is 5.27. The molecule has 1 fully saturated rings. The molecule has 1 saturated carbocycles. The fourth-order valence-corrected chi connectivity index (χ4v) is 2.98. The van der Waals surface area contributed by atoms with E-state index in [1.807, 2.05) is 0 Å². The Bertz CT molecular complexity index is 615. The molecule has 0 heterocycles. The number of carboxylic acid groups (broad SMARTS) is 1. The molecule has 0 atom stereocenters. The van der Waals surface area contributed by atoms with Gasteiger partial charge in [0, 0.05) is 0 Å². The maximum absolute atomic E-state index is 12.8. The summed E-state index contributed by atoms with van der Waals surface area (Å²) in [5.41, 5.74) is -0.839. The minimum atomic E-state index is -4.70. The van der Waals surface area contributed by atoms with Crippen LogP contribution in [0.15, 0.2) is 18.2 Å². The molecule has 0 spiro atoms. The molecule has 140 valence electrons. The zero-order valence-corrected chi connectivity index (χ0v) is 13.0. The minimum Gasteiger partial charge on any atom is -0.484 e. The van der Waals surface area contributed by atoms with Crippen LogP contribution in [0.3, 0.4) is 0 Å². The van der Waals surface area contributed by atoms with Gasteiger partial charge in [0.15, 0.2) is 6.61 Å². The lowest BCUT2D eigenvalue weighted by Crippen LogP contribution is -2.23. The fourth-order valence-electron chi connectivity index (χ4n) is 2.98. The van der Waals surface area contributed by atoms with Gasteiger partial charge in [-0.05, 0) is 49.3 Å². The number of rotatable bonds is 4. The fraction of sp³-hybridized carbons (Fsp3) is 0.562. The van der Waals surface area contributed by atoms with Crippen molar-refractivity contribution in [2.24, 2.45) is 5.92 Å². The molecular formula is C16H16F6O3. The van der Waals surface area contributed by atoms with Crippen LogP contribution in [-0.2, 0) is 11.0 Å². The molecule has 0 unspecified atom stereocenters. The van der Waals surface area contributed by atoms with Gasteiger partial charge in [0.25, 0.3) is 0 Å². The van der Waals surface area contributed by atoms with E-state index in [0.29, 0.717) is 31.7 Å². The molecule has 1 aromatic carbocycles. The number of hydrogen-bond donors (Lipinski definition) is 1. The topological polar surface area (TPSA) is 46.5 Å². The highest BCUT2D eigenvalue weighted by Gasteiger charge is 2.35. The molecule has 9 heteroatoms. The van der Waals surface area contributed by atoms with E-state index in [1.54, 1.807) is 0 Å². The highest BCUT2D eigenvalue weighted by Crippen LogP contribution is 2.42. The van der Waals surface area contributed by atoms with Gasteiger partial charge in [-0.1, -0.05) is 6.07 Å². The summed E-state index contributed by atoms with van der Waals surface area (Å²) in [4.78, 5) is 11.0. The number of halogens is 6. The van der Waals surface area contributed by atoms with Gasteiger partial charge < -0.3 is 9.84 Å². The average Bonchev–Trinajstić information content (AvgIpc) is 2.51. The van der Waals surface area contributed by atoms with Crippen molar-refractivity contribution in [1.29, 1.82) is 0 Å². The molecular weight excluding hydrogens is 354 g/mol. The number of aliphatic carboxylic acids is 1. The van der Waals surface area contributed by atoms with Gasteiger partial charge in [-0.15, -0.1) is 0 Å². The van der Waals surface area contributed by atoms with Gasteiger partial charge in [-0.25, -0.2) is 0 Å². The third-order valence-corrected chi connectivity index (χ3v) is 4.25. The van der Waals surface area contributed by atoms with Gasteiger partial charge in [0.1, 0.15) is 5.75 Å². The van der Waals surface area contributed by atoms with Crippen LogP contribution < -0.4 is 4.74 Å². The predicted octanol–water partition coefficient (Wildman–Crippen LogP) is 5.00. The number of ether oxygens (including phenoxy) is 1. The van der Waals surface area contributed by atoms with Crippen LogP contribution in [0.5, 0.6) is 5.75 Å². The van der Waals surface area contributed by atoms with Crippen molar-refractivity contribution in [2.75, 3.05) is 6.61 Å². The second kappa shape index (κ2) is 7.13. The Kier molecular flexibility index (Phi) is 5.53. The van der Waals surface area contributed by atoms with E-state index in [0.717, 1.165) is 12.1 Å². The maximum Gasteiger partial charge on any atom is 0.422 e. The standard InChI is InChI=1S/C16H16F6O3/c17-15(18,19)8-25-13-7-11(16(20,21)22)5-6-12(13)9-1-3-10(4-2-9)14(23)24/h5-7,9-10H,1-4,8H2,(H,23,24). The van der Waals surface area contributed by atoms with Gasteiger partial charge >= 0.3 is 18.3 Å². The number of carbonyl (C=O) groups is 1. The zero-order chi connectivity index (χ0) is 18.8. The number of hydrogen-bond acceptors (Lipinski definition) is 2. The summed E-state index contributed by atoms with van der Waals surface area (Å²) in [5, 5.41) is 8.97. The van der Waals surface area contributed by atoms with E-state index in [9.17, 15) is 31.1 Å². The van der Waals surface area contributed by atoms with Crippen LogP contribution in [0.1, 0.15) is 42.7 Å². The normalized spacial score (nSPS) is 21.8. The molecule has 1 N–H and O–H groups in total. The average molecular weight is 370 g/mol. The Morgan fingerprint density at radius 3 is 2.16 bits per heavy atom. The molecule has 0 saturated heterocycles. The van der Waals surface area contributed by atoms with Crippen LogP contribution in [0.25, 0.3) is 0 Å². The Labute approximate surface area is 139 Å². The Morgan fingerprint density at radius 1 is 1.08 bits per heavy atom. The highest BCUT2D eigenvalue weighted by atomic mass is 19.4. The van der Waals surface area contributed by atoms with Gasteiger partial charge in [0.05, 0.1) is 11.5 Å². The van der Waals surface area contributed by atoms with E-state index in [1.165, 1.54) is 0 Å². The van der Waals surface area contributed by atoms with E-state index >= 15 is 0 Å². The molecule has 0 amide bonds. The molecule has 1 aliphatic carbocycles. The first-order chi connectivity index (χ1) is 11.5. The molecule has 0 radical (unpaired) electrons. The lowest BCUT2D eigenvalue weighted by atomic mass is 9.78.